The number of benzene rings is 3. The predicted molar refractivity (Wildman–Crippen MR) is 135 cm³/mol. The molecule has 2 N–H and O–H groups in total. The first-order chi connectivity index (χ1) is 16.9. The van der Waals surface area contributed by atoms with E-state index in [9.17, 15) is 12.8 Å². The largest absolute Gasteiger partial charge is 0.368 e. The summed E-state index contributed by atoms with van der Waals surface area (Å²) in [6.07, 6.45) is 0. The molecule has 0 atom stereocenters. The van der Waals surface area contributed by atoms with Gasteiger partial charge in [0.05, 0.1) is 39.9 Å². The first kappa shape index (κ1) is 23.3. The van der Waals surface area contributed by atoms with Crippen molar-refractivity contribution in [1.82, 2.24) is 9.97 Å². The van der Waals surface area contributed by atoms with E-state index in [0.717, 1.165) is 37.6 Å². The minimum Gasteiger partial charge on any atom is -0.368 e. The van der Waals surface area contributed by atoms with Crippen LogP contribution in [0.15, 0.2) is 89.8 Å². The maximum absolute atomic E-state index is 13.5. The molecule has 3 aromatic carbocycles. The Hall–Kier alpha value is -3.50. The molecular formula is C26H20FN3O3S2. The topological polar surface area (TPSA) is 95.2 Å². The zero-order valence-corrected chi connectivity index (χ0v) is 20.0. The summed E-state index contributed by atoms with van der Waals surface area (Å²) >= 11 is 1.44. The molecule has 176 valence electrons. The minimum absolute atomic E-state index is 0.0197. The molecule has 0 saturated heterocycles. The average molecular weight is 506 g/mol. The number of halogens is 1. The molecule has 35 heavy (non-hydrogen) atoms. The van der Waals surface area contributed by atoms with Gasteiger partial charge in [-0.25, -0.2) is 22.9 Å². The van der Waals surface area contributed by atoms with Crippen molar-refractivity contribution >= 4 is 32.3 Å². The van der Waals surface area contributed by atoms with Crippen LogP contribution in [0.5, 0.6) is 0 Å². The average Bonchev–Trinajstić information content (AvgIpc) is 3.28. The number of sulfonamides is 1. The summed E-state index contributed by atoms with van der Waals surface area (Å²) < 4.78 is 42.7. The normalized spacial score (nSPS) is 11.7. The van der Waals surface area contributed by atoms with Crippen LogP contribution < -0.4 is 5.14 Å². The van der Waals surface area contributed by atoms with E-state index < -0.39 is 10.0 Å². The van der Waals surface area contributed by atoms with E-state index in [2.05, 4.69) is 4.98 Å². The Morgan fingerprint density at radius 2 is 1.54 bits per heavy atom. The Labute approximate surface area is 205 Å². The van der Waals surface area contributed by atoms with Crippen LogP contribution in [-0.4, -0.2) is 18.4 Å². The Morgan fingerprint density at radius 1 is 0.829 bits per heavy atom. The third-order valence-corrected chi connectivity index (χ3v) is 7.37. The highest BCUT2D eigenvalue weighted by molar-refractivity contribution is 7.89. The van der Waals surface area contributed by atoms with Gasteiger partial charge in [0, 0.05) is 10.9 Å². The number of thiazole rings is 1. The number of pyridine rings is 1. The van der Waals surface area contributed by atoms with Crippen LogP contribution in [0.4, 0.5) is 4.39 Å². The second-order valence-corrected chi connectivity index (χ2v) is 10.5. The fourth-order valence-electron chi connectivity index (χ4n) is 3.65. The van der Waals surface area contributed by atoms with Crippen LogP contribution in [0.2, 0.25) is 0 Å². The zero-order chi connectivity index (χ0) is 24.4. The van der Waals surface area contributed by atoms with E-state index in [1.54, 1.807) is 24.3 Å². The van der Waals surface area contributed by atoms with E-state index in [4.69, 9.17) is 14.9 Å². The molecule has 0 saturated carbocycles. The van der Waals surface area contributed by atoms with Crippen molar-refractivity contribution in [3.63, 3.8) is 0 Å². The minimum atomic E-state index is -3.80. The summed E-state index contributed by atoms with van der Waals surface area (Å²) in [4.78, 5) is 10.2. The van der Waals surface area contributed by atoms with Gasteiger partial charge in [0.15, 0.2) is 0 Å². The number of fused-ring (bicyclic) bond motifs is 1. The Bertz CT molecular complexity index is 1600. The molecule has 6 nitrogen and oxygen atoms in total. The van der Waals surface area contributed by atoms with Crippen molar-refractivity contribution in [1.29, 1.82) is 0 Å². The van der Waals surface area contributed by atoms with Crippen molar-refractivity contribution in [3.05, 3.63) is 101 Å². The van der Waals surface area contributed by atoms with Crippen molar-refractivity contribution < 1.29 is 17.5 Å². The van der Waals surface area contributed by atoms with Crippen LogP contribution in [-0.2, 0) is 28.0 Å². The molecule has 2 aromatic heterocycles. The van der Waals surface area contributed by atoms with Crippen molar-refractivity contribution in [2.75, 3.05) is 0 Å². The summed E-state index contributed by atoms with van der Waals surface area (Å²) in [6.45, 7) is 0.595. The number of nitrogens with zero attached hydrogens (tertiary/aromatic N) is 2. The van der Waals surface area contributed by atoms with Gasteiger partial charge < -0.3 is 4.74 Å². The second-order valence-electron chi connectivity index (χ2n) is 7.85. The van der Waals surface area contributed by atoms with Crippen LogP contribution in [0.25, 0.3) is 32.6 Å². The van der Waals surface area contributed by atoms with Crippen LogP contribution >= 0.6 is 11.3 Å². The fraction of sp³-hybridized carbons (Fsp3) is 0.0769. The number of hydrogen-bond acceptors (Lipinski definition) is 6. The maximum Gasteiger partial charge on any atom is 0.238 e. The summed E-state index contributed by atoms with van der Waals surface area (Å²) in [5, 5.41) is 7.02. The van der Waals surface area contributed by atoms with Gasteiger partial charge in [0.25, 0.3) is 0 Å². The van der Waals surface area contributed by atoms with Crippen molar-refractivity contribution in [2.45, 2.75) is 18.1 Å². The van der Waals surface area contributed by atoms with Gasteiger partial charge in [-0.05, 0) is 42.0 Å². The Morgan fingerprint density at radius 3 is 2.29 bits per heavy atom. The molecule has 0 amide bonds. The number of nitrogens with two attached hydrogens (primary N) is 1. The number of aromatic nitrogens is 2. The van der Waals surface area contributed by atoms with Crippen LogP contribution in [0.1, 0.15) is 10.7 Å². The molecule has 0 aliphatic carbocycles. The Kier molecular flexibility index (Phi) is 6.40. The second kappa shape index (κ2) is 9.63. The lowest BCUT2D eigenvalue weighted by Crippen LogP contribution is -2.11. The highest BCUT2D eigenvalue weighted by atomic mass is 32.2. The quantitative estimate of drug-likeness (QED) is 0.314. The molecule has 0 fully saturated rings. The van der Waals surface area contributed by atoms with E-state index in [0.29, 0.717) is 12.3 Å². The lowest BCUT2D eigenvalue weighted by Gasteiger charge is -2.04. The van der Waals surface area contributed by atoms with E-state index >= 15 is 0 Å². The molecule has 0 bridgehead atoms. The molecule has 0 radical (unpaired) electrons. The van der Waals surface area contributed by atoms with Gasteiger partial charge in [-0.2, -0.15) is 0 Å². The summed E-state index contributed by atoms with van der Waals surface area (Å²) in [5.74, 6) is -0.330. The zero-order valence-electron chi connectivity index (χ0n) is 18.4. The summed E-state index contributed by atoms with van der Waals surface area (Å²) in [6, 6.07) is 24.2. The smallest absolute Gasteiger partial charge is 0.238 e. The van der Waals surface area contributed by atoms with Crippen LogP contribution in [0, 0.1) is 5.82 Å². The summed E-state index contributed by atoms with van der Waals surface area (Å²) in [7, 11) is -3.80. The number of rotatable bonds is 7. The lowest BCUT2D eigenvalue weighted by molar-refractivity contribution is 0.104. The molecule has 9 heteroatoms. The Balaban J connectivity index is 1.41. The number of ether oxygens (including phenoxy) is 1. The third kappa shape index (κ3) is 5.28. The number of para-hydroxylation sites is 1. The number of hydrogen-bond donors (Lipinski definition) is 1. The van der Waals surface area contributed by atoms with Gasteiger partial charge in [0.2, 0.25) is 10.0 Å². The predicted octanol–water partition coefficient (Wildman–Crippen LogP) is 5.53. The van der Waals surface area contributed by atoms with E-state index in [-0.39, 0.29) is 17.3 Å². The van der Waals surface area contributed by atoms with Gasteiger partial charge in [-0.3, -0.25) is 4.98 Å². The molecular weight excluding hydrogens is 485 g/mol. The molecule has 5 rings (SSSR count). The molecule has 0 unspecified atom stereocenters. The highest BCUT2D eigenvalue weighted by Gasteiger charge is 2.17. The molecule has 0 aliphatic rings. The standard InChI is InChI=1S/C26H20FN3O3S2/c27-20-10-5-19(6-11-20)26-25(18-8-13-22(14-9-18)35(28,31)32)30-24(34-26)16-33-15-21-12-7-17-3-1-2-4-23(17)29-21/h1-14H,15-16H2,(H2,28,31,32). The summed E-state index contributed by atoms with van der Waals surface area (Å²) in [5.41, 5.74) is 3.90. The first-order valence-electron chi connectivity index (χ1n) is 10.7. The molecule has 2 heterocycles. The van der Waals surface area contributed by atoms with Crippen LogP contribution in [0.3, 0.4) is 0 Å². The molecule has 0 aliphatic heterocycles. The number of primary sulfonamides is 1. The SMILES string of the molecule is NS(=O)(=O)c1ccc(-c2nc(COCc3ccc4ccccc4n3)sc2-c2ccc(F)cc2)cc1. The van der Waals surface area contributed by atoms with Crippen molar-refractivity contribution in [3.8, 4) is 21.7 Å². The van der Waals surface area contributed by atoms with Gasteiger partial charge in [0.1, 0.15) is 10.8 Å². The van der Waals surface area contributed by atoms with E-state index in [1.165, 1.54) is 35.6 Å². The van der Waals surface area contributed by atoms with Gasteiger partial charge in [-0.1, -0.05) is 48.5 Å². The highest BCUT2D eigenvalue weighted by Crippen LogP contribution is 2.37. The third-order valence-electron chi connectivity index (χ3n) is 5.37. The monoisotopic (exact) mass is 505 g/mol. The van der Waals surface area contributed by atoms with Gasteiger partial charge >= 0.3 is 0 Å². The van der Waals surface area contributed by atoms with E-state index in [1.807, 2.05) is 36.4 Å². The fourth-order valence-corrected chi connectivity index (χ4v) is 5.20. The molecule has 5 aromatic rings. The first-order valence-corrected chi connectivity index (χ1v) is 13.0. The lowest BCUT2D eigenvalue weighted by atomic mass is 10.1. The maximum atomic E-state index is 13.5. The molecule has 0 spiro atoms. The van der Waals surface area contributed by atoms with Crippen molar-refractivity contribution in [2.24, 2.45) is 5.14 Å². The van der Waals surface area contributed by atoms with Gasteiger partial charge in [-0.15, -0.1) is 11.3 Å².